The lowest BCUT2D eigenvalue weighted by molar-refractivity contribution is -0.131. The topological polar surface area (TPSA) is 53.9 Å². The fraction of sp³-hybridized carbons (Fsp3) is 0.211. The van der Waals surface area contributed by atoms with Crippen molar-refractivity contribution in [2.75, 3.05) is 7.05 Å². The van der Waals surface area contributed by atoms with Gasteiger partial charge in [-0.2, -0.15) is 5.10 Å². The number of H-pyrrole nitrogens is 1. The van der Waals surface area contributed by atoms with Gasteiger partial charge in [-0.05, 0) is 36.8 Å². The first kappa shape index (κ1) is 19.6. The van der Waals surface area contributed by atoms with Crippen LogP contribution in [0.1, 0.15) is 11.1 Å². The molecule has 5 nitrogen and oxygen atoms in total. The Morgan fingerprint density at radius 2 is 1.89 bits per heavy atom. The molecule has 140 valence electrons. The van der Waals surface area contributed by atoms with Crippen LogP contribution in [0, 0.1) is 11.7 Å². The van der Waals surface area contributed by atoms with Crippen LogP contribution < -0.4 is 0 Å². The number of likely N-dealkylation sites (N-methyl/N-ethyl adjacent to an activating group) is 1. The molecule has 0 fully saturated rings. The van der Waals surface area contributed by atoms with E-state index in [1.807, 2.05) is 37.3 Å². The molecule has 1 heterocycles. The highest BCUT2D eigenvalue weighted by molar-refractivity contribution is 7.71. The van der Waals surface area contributed by atoms with E-state index >= 15 is 0 Å². The van der Waals surface area contributed by atoms with Gasteiger partial charge in [0.25, 0.3) is 0 Å². The number of rotatable bonds is 5. The van der Waals surface area contributed by atoms with Crippen molar-refractivity contribution in [3.8, 4) is 11.4 Å². The average molecular weight is 421 g/mol. The van der Waals surface area contributed by atoms with Gasteiger partial charge in [0.1, 0.15) is 6.54 Å². The summed E-state index contributed by atoms with van der Waals surface area (Å²) >= 11 is 17.3. The molecule has 0 atom stereocenters. The van der Waals surface area contributed by atoms with Crippen LogP contribution in [-0.4, -0.2) is 32.6 Å². The number of aromatic nitrogens is 3. The molecule has 1 aromatic heterocycles. The van der Waals surface area contributed by atoms with Crippen molar-refractivity contribution in [1.29, 1.82) is 0 Å². The minimum absolute atomic E-state index is 0.0908. The number of hydrogen-bond acceptors (Lipinski definition) is 3. The number of aromatic amines is 1. The second-order valence-corrected chi connectivity index (χ2v) is 7.50. The first-order valence-corrected chi connectivity index (χ1v) is 9.41. The predicted octanol–water partition coefficient (Wildman–Crippen LogP) is 4.88. The van der Waals surface area contributed by atoms with Crippen LogP contribution >= 0.6 is 35.4 Å². The number of nitrogens with zero attached hydrogens (tertiary/aromatic N) is 3. The van der Waals surface area contributed by atoms with Gasteiger partial charge in [0.05, 0.1) is 10.0 Å². The number of aryl methyl sites for hydroxylation is 1. The van der Waals surface area contributed by atoms with E-state index in [-0.39, 0.29) is 12.5 Å². The summed E-state index contributed by atoms with van der Waals surface area (Å²) in [6.45, 7) is 2.53. The lowest BCUT2D eigenvalue weighted by atomic mass is 10.1. The standard InChI is InChI=1S/C19H18Cl2N4OS/c1-12-3-6-14(7-4-12)18-22-23-19(27)25(18)11-17(26)24(2)10-13-5-8-15(20)16(21)9-13/h3-9H,10-11H2,1-2H3,(H,23,27). The maximum absolute atomic E-state index is 12.7. The first-order valence-electron chi connectivity index (χ1n) is 8.25. The summed E-state index contributed by atoms with van der Waals surface area (Å²) in [7, 11) is 1.74. The molecule has 1 amide bonds. The van der Waals surface area contributed by atoms with Crippen molar-refractivity contribution < 1.29 is 4.79 Å². The van der Waals surface area contributed by atoms with Crippen molar-refractivity contribution in [3.63, 3.8) is 0 Å². The number of carbonyl (C=O) groups excluding carboxylic acids is 1. The van der Waals surface area contributed by atoms with E-state index in [1.54, 1.807) is 28.6 Å². The first-order chi connectivity index (χ1) is 12.8. The molecule has 2 aromatic carbocycles. The summed E-state index contributed by atoms with van der Waals surface area (Å²) in [4.78, 5) is 14.3. The van der Waals surface area contributed by atoms with Crippen LogP contribution in [0.3, 0.4) is 0 Å². The lowest BCUT2D eigenvalue weighted by Gasteiger charge is -2.18. The van der Waals surface area contributed by atoms with E-state index in [0.29, 0.717) is 27.2 Å². The van der Waals surface area contributed by atoms with E-state index in [1.165, 1.54) is 0 Å². The van der Waals surface area contributed by atoms with Crippen molar-refractivity contribution in [2.45, 2.75) is 20.0 Å². The Hall–Kier alpha value is -2.15. The van der Waals surface area contributed by atoms with Gasteiger partial charge in [0, 0.05) is 19.2 Å². The monoisotopic (exact) mass is 420 g/mol. The zero-order valence-electron chi connectivity index (χ0n) is 14.9. The third-order valence-electron chi connectivity index (χ3n) is 4.19. The van der Waals surface area contributed by atoms with Gasteiger partial charge in [0.2, 0.25) is 5.91 Å². The smallest absolute Gasteiger partial charge is 0.242 e. The zero-order chi connectivity index (χ0) is 19.6. The van der Waals surface area contributed by atoms with Crippen LogP contribution in [-0.2, 0) is 17.9 Å². The molecule has 8 heteroatoms. The van der Waals surface area contributed by atoms with Gasteiger partial charge < -0.3 is 4.90 Å². The Bertz CT molecular complexity index is 1030. The van der Waals surface area contributed by atoms with E-state index in [9.17, 15) is 4.79 Å². The molecule has 0 spiro atoms. The van der Waals surface area contributed by atoms with Crippen LogP contribution in [0.25, 0.3) is 11.4 Å². The zero-order valence-corrected chi connectivity index (χ0v) is 17.2. The number of benzene rings is 2. The molecule has 0 bridgehead atoms. The molecule has 0 aliphatic rings. The maximum Gasteiger partial charge on any atom is 0.242 e. The molecule has 0 unspecified atom stereocenters. The summed E-state index contributed by atoms with van der Waals surface area (Å²) in [5.41, 5.74) is 2.94. The van der Waals surface area contributed by atoms with Crippen LogP contribution in [0.2, 0.25) is 10.0 Å². The van der Waals surface area contributed by atoms with Gasteiger partial charge in [-0.3, -0.25) is 14.5 Å². The van der Waals surface area contributed by atoms with Crippen LogP contribution in [0.5, 0.6) is 0 Å². The van der Waals surface area contributed by atoms with Crippen molar-refractivity contribution >= 4 is 41.3 Å². The third-order valence-corrected chi connectivity index (χ3v) is 5.24. The summed E-state index contributed by atoms with van der Waals surface area (Å²) in [5, 5.41) is 8.00. The largest absolute Gasteiger partial charge is 0.340 e. The van der Waals surface area contributed by atoms with Gasteiger partial charge in [-0.15, -0.1) is 0 Å². The third kappa shape index (κ3) is 4.58. The quantitative estimate of drug-likeness (QED) is 0.598. The van der Waals surface area contributed by atoms with Crippen molar-refractivity contribution in [2.24, 2.45) is 0 Å². The second-order valence-electron chi connectivity index (χ2n) is 6.30. The Morgan fingerprint density at radius 3 is 2.56 bits per heavy atom. The number of halogens is 2. The van der Waals surface area contributed by atoms with Crippen molar-refractivity contribution in [3.05, 3.63) is 68.4 Å². The average Bonchev–Trinajstić information content (AvgIpc) is 2.99. The fourth-order valence-electron chi connectivity index (χ4n) is 2.64. The molecule has 0 aliphatic heterocycles. The van der Waals surface area contributed by atoms with Gasteiger partial charge in [-0.1, -0.05) is 59.1 Å². The minimum Gasteiger partial charge on any atom is -0.340 e. The molecule has 3 rings (SSSR count). The molecule has 0 saturated carbocycles. The van der Waals surface area contributed by atoms with Gasteiger partial charge >= 0.3 is 0 Å². The molecule has 3 aromatic rings. The van der Waals surface area contributed by atoms with E-state index in [4.69, 9.17) is 35.4 Å². The molecular weight excluding hydrogens is 403 g/mol. The van der Waals surface area contributed by atoms with Crippen LogP contribution in [0.15, 0.2) is 42.5 Å². The summed E-state index contributed by atoms with van der Waals surface area (Å²) in [6.07, 6.45) is 0. The SMILES string of the molecule is Cc1ccc(-c2n[nH]c(=S)n2CC(=O)N(C)Cc2ccc(Cl)c(Cl)c2)cc1. The molecule has 0 radical (unpaired) electrons. The lowest BCUT2D eigenvalue weighted by Crippen LogP contribution is -2.30. The molecule has 0 saturated heterocycles. The van der Waals surface area contributed by atoms with Crippen LogP contribution in [0.4, 0.5) is 0 Å². The number of amides is 1. The van der Waals surface area contributed by atoms with Gasteiger partial charge in [0.15, 0.2) is 10.6 Å². The highest BCUT2D eigenvalue weighted by atomic mass is 35.5. The minimum atomic E-state index is -0.0908. The Kier molecular flexibility index (Phi) is 5.99. The van der Waals surface area contributed by atoms with E-state index in [2.05, 4.69) is 10.2 Å². The van der Waals surface area contributed by atoms with E-state index < -0.39 is 0 Å². The Labute approximate surface area is 172 Å². The Morgan fingerprint density at radius 1 is 1.19 bits per heavy atom. The number of carbonyl (C=O) groups is 1. The highest BCUT2D eigenvalue weighted by Crippen LogP contribution is 2.23. The summed E-state index contributed by atoms with van der Waals surface area (Å²) in [5.74, 6) is 0.545. The fourth-order valence-corrected chi connectivity index (χ4v) is 3.16. The molecule has 1 N–H and O–H groups in total. The molecule has 27 heavy (non-hydrogen) atoms. The van der Waals surface area contributed by atoms with E-state index in [0.717, 1.165) is 16.7 Å². The molecule has 0 aliphatic carbocycles. The summed E-state index contributed by atoms with van der Waals surface area (Å²) in [6, 6.07) is 13.2. The second kappa shape index (κ2) is 8.25. The normalized spacial score (nSPS) is 10.8. The number of hydrogen-bond donors (Lipinski definition) is 1. The maximum atomic E-state index is 12.7. The van der Waals surface area contributed by atoms with Gasteiger partial charge in [-0.25, -0.2) is 0 Å². The molecular formula is C19H18Cl2N4OS. The Balaban J connectivity index is 1.77. The van der Waals surface area contributed by atoms with Crippen molar-refractivity contribution in [1.82, 2.24) is 19.7 Å². The summed E-state index contributed by atoms with van der Waals surface area (Å²) < 4.78 is 2.11. The number of nitrogens with one attached hydrogen (secondary N) is 1. The highest BCUT2D eigenvalue weighted by Gasteiger charge is 2.16. The predicted molar refractivity (Wildman–Crippen MR) is 111 cm³/mol.